The summed E-state index contributed by atoms with van der Waals surface area (Å²) in [5.41, 5.74) is 3.62. The molecule has 0 N–H and O–H groups in total. The summed E-state index contributed by atoms with van der Waals surface area (Å²) in [5.74, 6) is 4.40. The smallest absolute Gasteiger partial charge is 0.00710 e. The van der Waals surface area contributed by atoms with Gasteiger partial charge in [0.1, 0.15) is 0 Å². The lowest BCUT2D eigenvalue weighted by atomic mass is 9.34. The van der Waals surface area contributed by atoms with Crippen LogP contribution in [0.15, 0.2) is 23.8 Å². The summed E-state index contributed by atoms with van der Waals surface area (Å²) in [6, 6.07) is 0. The van der Waals surface area contributed by atoms with Crippen molar-refractivity contribution < 1.29 is 0 Å². The average Bonchev–Trinajstić information content (AvgIpc) is 2.15. The fourth-order valence-corrected chi connectivity index (χ4v) is 5.37. The molecule has 0 aromatic heterocycles. The summed E-state index contributed by atoms with van der Waals surface area (Å²) in [6.45, 7) is 14.0. The molecule has 16 heavy (non-hydrogen) atoms. The van der Waals surface area contributed by atoms with Crippen molar-refractivity contribution in [2.24, 2.45) is 35.0 Å². The van der Waals surface area contributed by atoms with Crippen molar-refractivity contribution in [3.8, 4) is 0 Å². The number of allylic oxidation sites excluding steroid dienone is 3. The summed E-state index contributed by atoms with van der Waals surface area (Å²) >= 11 is 0. The maximum Gasteiger partial charge on any atom is -0.00710 e. The van der Waals surface area contributed by atoms with Crippen LogP contribution in [0, 0.1) is 35.0 Å². The summed E-state index contributed by atoms with van der Waals surface area (Å²) in [6.07, 6.45) is 5.24. The zero-order chi connectivity index (χ0) is 11.7. The van der Waals surface area contributed by atoms with E-state index in [2.05, 4.69) is 40.3 Å². The quantitative estimate of drug-likeness (QED) is 0.608. The van der Waals surface area contributed by atoms with Crippen LogP contribution in [0.25, 0.3) is 0 Å². The standard InChI is InChI=1S/C16H24/c1-9(2)12-6-7-16(5)14-10(3)8-11(4)15(16)13(12)14/h8-9,12-15H,3,6-7H2,1-2,4-5H3. The Morgan fingerprint density at radius 2 is 2.06 bits per heavy atom. The lowest BCUT2D eigenvalue weighted by molar-refractivity contribution is -0.161. The molecule has 4 aliphatic carbocycles. The first-order valence-corrected chi connectivity index (χ1v) is 6.84. The highest BCUT2D eigenvalue weighted by molar-refractivity contribution is 5.41. The van der Waals surface area contributed by atoms with E-state index in [1.165, 1.54) is 18.4 Å². The molecule has 0 nitrogen and oxygen atoms in total. The van der Waals surface area contributed by atoms with Gasteiger partial charge in [-0.2, -0.15) is 0 Å². The lowest BCUT2D eigenvalue weighted by Crippen LogP contribution is -2.64. The van der Waals surface area contributed by atoms with Gasteiger partial charge < -0.3 is 0 Å². The molecule has 4 bridgehead atoms. The highest BCUT2D eigenvalue weighted by atomic mass is 14.7. The predicted octanol–water partition coefficient (Wildman–Crippen LogP) is 4.44. The van der Waals surface area contributed by atoms with Crippen LogP contribution < -0.4 is 0 Å². The van der Waals surface area contributed by atoms with E-state index in [0.29, 0.717) is 5.41 Å². The van der Waals surface area contributed by atoms with Crippen molar-refractivity contribution in [1.29, 1.82) is 0 Å². The molecule has 5 unspecified atom stereocenters. The third-order valence-corrected chi connectivity index (χ3v) is 5.86. The predicted molar refractivity (Wildman–Crippen MR) is 69.0 cm³/mol. The first-order chi connectivity index (χ1) is 7.47. The van der Waals surface area contributed by atoms with Crippen LogP contribution in [0.5, 0.6) is 0 Å². The largest absolute Gasteiger partial charge is 0.0955 e. The minimum atomic E-state index is 0.575. The third-order valence-electron chi connectivity index (χ3n) is 5.86. The van der Waals surface area contributed by atoms with Gasteiger partial charge >= 0.3 is 0 Å². The minimum Gasteiger partial charge on any atom is -0.0955 e. The van der Waals surface area contributed by atoms with Crippen molar-refractivity contribution in [3.05, 3.63) is 23.8 Å². The van der Waals surface area contributed by atoms with E-state index in [4.69, 9.17) is 0 Å². The molecule has 4 aliphatic rings. The number of rotatable bonds is 1. The van der Waals surface area contributed by atoms with Gasteiger partial charge in [0.15, 0.2) is 0 Å². The van der Waals surface area contributed by atoms with E-state index in [-0.39, 0.29) is 0 Å². The molecule has 88 valence electrons. The lowest BCUT2D eigenvalue weighted by Gasteiger charge is -2.70. The van der Waals surface area contributed by atoms with Gasteiger partial charge in [-0.15, -0.1) is 0 Å². The zero-order valence-electron chi connectivity index (χ0n) is 11.1. The second-order valence-corrected chi connectivity index (χ2v) is 6.95. The number of hydrogen-bond acceptors (Lipinski definition) is 0. The molecule has 0 aromatic carbocycles. The highest BCUT2D eigenvalue weighted by Gasteiger charge is 2.66. The molecule has 0 heterocycles. The van der Waals surface area contributed by atoms with Gasteiger partial charge in [-0.3, -0.25) is 0 Å². The maximum atomic E-state index is 4.33. The van der Waals surface area contributed by atoms with Crippen molar-refractivity contribution in [3.63, 3.8) is 0 Å². The van der Waals surface area contributed by atoms with Crippen LogP contribution in [0.3, 0.4) is 0 Å². The van der Waals surface area contributed by atoms with Crippen molar-refractivity contribution in [1.82, 2.24) is 0 Å². The fraction of sp³-hybridized carbons (Fsp3) is 0.750. The second kappa shape index (κ2) is 3.03. The molecule has 2 fully saturated rings. The van der Waals surface area contributed by atoms with Crippen LogP contribution >= 0.6 is 0 Å². The van der Waals surface area contributed by atoms with Crippen LogP contribution in [-0.4, -0.2) is 0 Å². The number of fused-ring (bicyclic) bond motifs is 1. The van der Waals surface area contributed by atoms with Crippen LogP contribution in [-0.2, 0) is 0 Å². The van der Waals surface area contributed by atoms with E-state index in [0.717, 1.165) is 29.6 Å². The monoisotopic (exact) mass is 216 g/mol. The number of hydrogen-bond donors (Lipinski definition) is 0. The Kier molecular flexibility index (Phi) is 2.01. The third kappa shape index (κ3) is 1.02. The minimum absolute atomic E-state index is 0.575. The summed E-state index contributed by atoms with van der Waals surface area (Å²) in [4.78, 5) is 0. The molecule has 0 amide bonds. The van der Waals surface area contributed by atoms with Crippen molar-refractivity contribution in [2.75, 3.05) is 0 Å². The molecule has 0 spiro atoms. The van der Waals surface area contributed by atoms with Crippen LogP contribution in [0.4, 0.5) is 0 Å². The van der Waals surface area contributed by atoms with Crippen LogP contribution in [0.2, 0.25) is 0 Å². The SMILES string of the molecule is C=C1C=C(C)C2C3C(C(C)C)CCC2(C)C13. The molecular formula is C16H24. The summed E-state index contributed by atoms with van der Waals surface area (Å²) < 4.78 is 0. The summed E-state index contributed by atoms with van der Waals surface area (Å²) in [5, 5.41) is 0. The van der Waals surface area contributed by atoms with Gasteiger partial charge in [0.2, 0.25) is 0 Å². The van der Waals surface area contributed by atoms with Gasteiger partial charge in [0, 0.05) is 0 Å². The second-order valence-electron chi connectivity index (χ2n) is 6.95. The molecular weight excluding hydrogens is 192 g/mol. The van der Waals surface area contributed by atoms with Gasteiger partial charge in [-0.25, -0.2) is 0 Å². The Balaban J connectivity index is 2.02. The van der Waals surface area contributed by atoms with Crippen molar-refractivity contribution >= 4 is 0 Å². The van der Waals surface area contributed by atoms with Crippen molar-refractivity contribution in [2.45, 2.75) is 40.5 Å². The molecule has 0 radical (unpaired) electrons. The van der Waals surface area contributed by atoms with Gasteiger partial charge in [0.25, 0.3) is 0 Å². The average molecular weight is 216 g/mol. The molecule has 0 aromatic rings. The first-order valence-electron chi connectivity index (χ1n) is 6.84. The van der Waals surface area contributed by atoms with E-state index in [1.54, 1.807) is 5.57 Å². The topological polar surface area (TPSA) is 0 Å². The maximum absolute atomic E-state index is 4.33. The highest BCUT2D eigenvalue weighted by Crippen LogP contribution is 2.72. The van der Waals surface area contributed by atoms with Gasteiger partial charge in [-0.05, 0) is 54.8 Å². The van der Waals surface area contributed by atoms with E-state index >= 15 is 0 Å². The van der Waals surface area contributed by atoms with Crippen LogP contribution in [0.1, 0.15) is 40.5 Å². The van der Waals surface area contributed by atoms with E-state index in [9.17, 15) is 0 Å². The Morgan fingerprint density at radius 1 is 1.38 bits per heavy atom. The zero-order valence-corrected chi connectivity index (χ0v) is 11.1. The van der Waals surface area contributed by atoms with E-state index < -0.39 is 0 Å². The molecule has 4 rings (SSSR count). The Labute approximate surface area is 99.8 Å². The molecule has 0 aliphatic heterocycles. The first kappa shape index (κ1) is 10.6. The Morgan fingerprint density at radius 3 is 2.62 bits per heavy atom. The molecule has 2 saturated carbocycles. The normalized spacial score (nSPS) is 50.1. The van der Waals surface area contributed by atoms with Gasteiger partial charge in [0.05, 0.1) is 0 Å². The van der Waals surface area contributed by atoms with E-state index in [1.807, 2.05) is 0 Å². The molecule has 0 saturated heterocycles. The Hall–Kier alpha value is -0.520. The fourth-order valence-electron chi connectivity index (χ4n) is 5.37. The Bertz CT molecular complexity index is 373. The molecule has 5 atom stereocenters. The summed E-state index contributed by atoms with van der Waals surface area (Å²) in [7, 11) is 0. The molecule has 0 heteroatoms. The van der Waals surface area contributed by atoms with Gasteiger partial charge in [-0.1, -0.05) is 44.6 Å².